The second-order valence-electron chi connectivity index (χ2n) is 7.18. The van der Waals surface area contributed by atoms with Gasteiger partial charge in [0.1, 0.15) is 11.6 Å². The Labute approximate surface area is 173 Å². The van der Waals surface area contributed by atoms with Gasteiger partial charge in [0.25, 0.3) is 5.91 Å². The van der Waals surface area contributed by atoms with Crippen LogP contribution in [0.5, 0.6) is 0 Å². The molecule has 148 valence electrons. The molecule has 7 heteroatoms. The second-order valence-corrected chi connectivity index (χ2v) is 8.21. The van der Waals surface area contributed by atoms with Gasteiger partial charge in [-0.05, 0) is 56.5 Å². The lowest BCUT2D eigenvalue weighted by molar-refractivity contribution is -0.112. The summed E-state index contributed by atoms with van der Waals surface area (Å²) in [4.78, 5) is 17.0. The number of carbonyl (C=O) groups excluding carboxylic acids is 1. The van der Waals surface area contributed by atoms with E-state index in [1.165, 1.54) is 11.3 Å². The van der Waals surface area contributed by atoms with Crippen molar-refractivity contribution in [3.05, 3.63) is 52.9 Å². The summed E-state index contributed by atoms with van der Waals surface area (Å²) in [5.74, 6) is -0.449. The Bertz CT molecular complexity index is 1100. The van der Waals surface area contributed by atoms with Crippen LogP contribution in [0.15, 0.2) is 35.9 Å². The van der Waals surface area contributed by atoms with Gasteiger partial charge in [-0.25, -0.2) is 4.98 Å². The van der Waals surface area contributed by atoms with E-state index in [2.05, 4.69) is 14.9 Å². The minimum Gasteiger partial charge on any atom is -0.376 e. The first-order valence-corrected chi connectivity index (χ1v) is 10.4. The molecule has 4 rings (SSSR count). The van der Waals surface area contributed by atoms with Crippen LogP contribution in [-0.4, -0.2) is 28.2 Å². The van der Waals surface area contributed by atoms with Gasteiger partial charge in [-0.3, -0.25) is 10.1 Å². The summed E-state index contributed by atoms with van der Waals surface area (Å²) in [5.41, 5.74) is 3.87. The number of fused-ring (bicyclic) bond motifs is 1. The molecule has 6 nitrogen and oxygen atoms in total. The van der Waals surface area contributed by atoms with Crippen molar-refractivity contribution in [2.24, 2.45) is 0 Å². The number of nitrogens with zero attached hydrogens (tertiary/aromatic N) is 3. The number of benzene rings is 1. The number of nitriles is 1. The largest absolute Gasteiger partial charge is 0.376 e. The van der Waals surface area contributed by atoms with Gasteiger partial charge in [0.2, 0.25) is 0 Å². The van der Waals surface area contributed by atoms with E-state index in [1.807, 2.05) is 50.2 Å². The molecule has 1 unspecified atom stereocenters. The molecule has 3 heterocycles. The van der Waals surface area contributed by atoms with Gasteiger partial charge in [0.05, 0.1) is 16.3 Å². The van der Waals surface area contributed by atoms with Crippen molar-refractivity contribution in [1.82, 2.24) is 9.55 Å². The van der Waals surface area contributed by atoms with Gasteiger partial charge in [-0.2, -0.15) is 5.26 Å². The first-order chi connectivity index (χ1) is 14.0. The van der Waals surface area contributed by atoms with E-state index in [4.69, 9.17) is 4.74 Å². The fraction of sp³-hybridized carbons (Fsp3) is 0.318. The summed E-state index contributed by atoms with van der Waals surface area (Å²) in [7, 11) is 0. The molecular formula is C22H22N4O2S. The summed E-state index contributed by atoms with van der Waals surface area (Å²) in [6, 6.07) is 11.7. The van der Waals surface area contributed by atoms with Crippen molar-refractivity contribution in [2.45, 2.75) is 39.3 Å². The standard InChI is InChI=1S/C22H22N4O2S/c1-14-10-16(15(2)26(14)13-18-6-5-9-28-18)11-17(12-23)21(27)25-22-24-19-7-3-4-8-20(19)29-22/h3-4,7-8,10-11,18H,5-6,9,13H2,1-2H3,(H,24,25,27)/b17-11+. The zero-order valence-corrected chi connectivity index (χ0v) is 17.3. The highest BCUT2D eigenvalue weighted by Gasteiger charge is 2.19. The molecule has 1 N–H and O–H groups in total. The Morgan fingerprint density at radius 1 is 1.45 bits per heavy atom. The molecule has 1 aliphatic rings. The maximum absolute atomic E-state index is 12.6. The van der Waals surface area contributed by atoms with E-state index in [1.54, 1.807) is 6.08 Å². The maximum atomic E-state index is 12.6. The average molecular weight is 407 g/mol. The van der Waals surface area contributed by atoms with Gasteiger partial charge in [-0.1, -0.05) is 23.5 Å². The number of aromatic nitrogens is 2. The van der Waals surface area contributed by atoms with Crippen molar-refractivity contribution in [2.75, 3.05) is 11.9 Å². The van der Waals surface area contributed by atoms with Gasteiger partial charge < -0.3 is 9.30 Å². The normalized spacial score (nSPS) is 16.9. The van der Waals surface area contributed by atoms with Gasteiger partial charge in [-0.15, -0.1) is 0 Å². The number of nitrogens with one attached hydrogen (secondary N) is 1. The quantitative estimate of drug-likeness (QED) is 0.502. The van der Waals surface area contributed by atoms with E-state index in [-0.39, 0.29) is 11.7 Å². The van der Waals surface area contributed by atoms with E-state index in [0.29, 0.717) is 5.13 Å². The molecule has 0 bridgehead atoms. The smallest absolute Gasteiger partial charge is 0.268 e. The number of hydrogen-bond acceptors (Lipinski definition) is 5. The van der Waals surface area contributed by atoms with E-state index >= 15 is 0 Å². The predicted octanol–water partition coefficient (Wildman–Crippen LogP) is 4.44. The number of aryl methyl sites for hydroxylation is 1. The van der Waals surface area contributed by atoms with E-state index in [0.717, 1.165) is 53.2 Å². The molecule has 0 radical (unpaired) electrons. The monoisotopic (exact) mass is 406 g/mol. The minimum absolute atomic E-state index is 0.0571. The number of carbonyl (C=O) groups is 1. The van der Waals surface area contributed by atoms with Crippen molar-refractivity contribution >= 4 is 38.7 Å². The summed E-state index contributed by atoms with van der Waals surface area (Å²) in [5, 5.41) is 12.8. The fourth-order valence-electron chi connectivity index (χ4n) is 3.64. The first-order valence-electron chi connectivity index (χ1n) is 9.62. The third-order valence-electron chi connectivity index (χ3n) is 5.20. The minimum atomic E-state index is -0.449. The number of hydrogen-bond donors (Lipinski definition) is 1. The molecule has 1 saturated heterocycles. The number of para-hydroxylation sites is 1. The molecule has 1 fully saturated rings. The fourth-order valence-corrected chi connectivity index (χ4v) is 4.50. The van der Waals surface area contributed by atoms with Crippen LogP contribution in [0.25, 0.3) is 16.3 Å². The number of ether oxygens (including phenoxy) is 1. The molecular weight excluding hydrogens is 384 g/mol. The van der Waals surface area contributed by atoms with Crippen LogP contribution in [0.3, 0.4) is 0 Å². The van der Waals surface area contributed by atoms with Crippen LogP contribution in [0.1, 0.15) is 29.8 Å². The van der Waals surface area contributed by atoms with Crippen molar-refractivity contribution < 1.29 is 9.53 Å². The van der Waals surface area contributed by atoms with Gasteiger partial charge in [0, 0.05) is 24.5 Å². The van der Waals surface area contributed by atoms with E-state index in [9.17, 15) is 10.1 Å². The molecule has 29 heavy (non-hydrogen) atoms. The number of anilines is 1. The molecule has 1 amide bonds. The second kappa shape index (κ2) is 8.19. The van der Waals surface area contributed by atoms with Gasteiger partial charge in [0.15, 0.2) is 5.13 Å². The third-order valence-corrected chi connectivity index (χ3v) is 6.15. The zero-order chi connectivity index (χ0) is 20.4. The third kappa shape index (κ3) is 4.09. The molecule has 0 aliphatic carbocycles. The highest BCUT2D eigenvalue weighted by atomic mass is 32.1. The van der Waals surface area contributed by atoms with Crippen LogP contribution in [0, 0.1) is 25.2 Å². The van der Waals surface area contributed by atoms with Crippen LogP contribution in [0.4, 0.5) is 5.13 Å². The Kier molecular flexibility index (Phi) is 5.47. The Morgan fingerprint density at radius 3 is 3.00 bits per heavy atom. The summed E-state index contributed by atoms with van der Waals surface area (Å²) in [6.45, 7) is 5.66. The average Bonchev–Trinajstić information content (AvgIpc) is 3.42. The summed E-state index contributed by atoms with van der Waals surface area (Å²) in [6.07, 6.45) is 4.04. The SMILES string of the molecule is Cc1cc(/C=C(\C#N)C(=O)Nc2nc3ccccc3s2)c(C)n1CC1CCCO1. The molecule has 3 aromatic rings. The number of rotatable bonds is 5. The molecule has 2 aromatic heterocycles. The topological polar surface area (TPSA) is 79.9 Å². The lowest BCUT2D eigenvalue weighted by atomic mass is 10.1. The van der Waals surface area contributed by atoms with Crippen molar-refractivity contribution in [3.8, 4) is 6.07 Å². The van der Waals surface area contributed by atoms with Gasteiger partial charge >= 0.3 is 0 Å². The number of thiazole rings is 1. The van der Waals surface area contributed by atoms with Crippen molar-refractivity contribution in [3.63, 3.8) is 0 Å². The molecule has 1 aromatic carbocycles. The highest BCUT2D eigenvalue weighted by Crippen LogP contribution is 2.26. The van der Waals surface area contributed by atoms with Crippen LogP contribution < -0.4 is 5.32 Å². The summed E-state index contributed by atoms with van der Waals surface area (Å²) < 4.78 is 8.93. The highest BCUT2D eigenvalue weighted by molar-refractivity contribution is 7.22. The lowest BCUT2D eigenvalue weighted by Crippen LogP contribution is -2.17. The molecule has 0 saturated carbocycles. The Balaban J connectivity index is 1.55. The van der Waals surface area contributed by atoms with E-state index < -0.39 is 5.91 Å². The maximum Gasteiger partial charge on any atom is 0.268 e. The molecule has 1 atom stereocenters. The molecule has 0 spiro atoms. The Hall–Kier alpha value is -2.95. The summed E-state index contributed by atoms with van der Waals surface area (Å²) >= 11 is 1.39. The molecule has 1 aliphatic heterocycles. The zero-order valence-electron chi connectivity index (χ0n) is 16.4. The first kappa shape index (κ1) is 19.4. The number of amides is 1. The van der Waals surface area contributed by atoms with Crippen LogP contribution in [-0.2, 0) is 16.1 Å². The van der Waals surface area contributed by atoms with Crippen molar-refractivity contribution in [1.29, 1.82) is 5.26 Å². The predicted molar refractivity (Wildman–Crippen MR) is 115 cm³/mol. The lowest BCUT2D eigenvalue weighted by Gasteiger charge is -2.14. The Morgan fingerprint density at radius 2 is 2.28 bits per heavy atom. The van der Waals surface area contributed by atoms with Crippen LogP contribution in [0.2, 0.25) is 0 Å². The van der Waals surface area contributed by atoms with Crippen LogP contribution >= 0.6 is 11.3 Å².